The number of amides is 1. The van der Waals surface area contributed by atoms with E-state index in [9.17, 15) is 4.79 Å². The average molecular weight is 277 g/mol. The van der Waals surface area contributed by atoms with Gasteiger partial charge in [0.1, 0.15) is 0 Å². The van der Waals surface area contributed by atoms with Crippen molar-refractivity contribution < 1.29 is 9.53 Å². The number of nitrogens with zero attached hydrogens (tertiary/aromatic N) is 1. The summed E-state index contributed by atoms with van der Waals surface area (Å²) in [6.45, 7) is 2.77. The Morgan fingerprint density at radius 2 is 2.15 bits per heavy atom. The van der Waals surface area contributed by atoms with E-state index in [1.165, 1.54) is 0 Å². The van der Waals surface area contributed by atoms with Crippen LogP contribution in [-0.4, -0.2) is 43.7 Å². The lowest BCUT2D eigenvalue weighted by molar-refractivity contribution is 0.00300. The topological polar surface area (TPSA) is 67.6 Å². The summed E-state index contributed by atoms with van der Waals surface area (Å²) in [5.41, 5.74) is 8.11. The smallest absolute Gasteiger partial charge is 0.253 e. The summed E-state index contributed by atoms with van der Waals surface area (Å²) >= 11 is 0. The van der Waals surface area contributed by atoms with E-state index in [1.54, 1.807) is 31.1 Å². The van der Waals surface area contributed by atoms with Crippen LogP contribution in [0.4, 0.5) is 11.4 Å². The number of benzene rings is 1. The third kappa shape index (κ3) is 3.22. The number of carbonyl (C=O) groups excluding carboxylic acids is 1. The summed E-state index contributed by atoms with van der Waals surface area (Å²) in [4.78, 5) is 13.5. The van der Waals surface area contributed by atoms with Gasteiger partial charge in [-0.15, -0.1) is 0 Å². The molecular weight excluding hydrogens is 254 g/mol. The van der Waals surface area contributed by atoms with E-state index in [-0.39, 0.29) is 5.91 Å². The standard InChI is InChI=1S/C15H23N3O2/c1-4-20-12-8-11(9-12)17-14-7-10(5-6-13(14)16)15(19)18(2)3/h5-7,11-12,17H,4,8-9,16H2,1-3H3. The molecule has 1 fully saturated rings. The molecule has 5 nitrogen and oxygen atoms in total. The normalized spacial score (nSPS) is 21.1. The lowest BCUT2D eigenvalue weighted by atomic mass is 9.89. The molecule has 110 valence electrons. The van der Waals surface area contributed by atoms with Crippen LogP contribution in [0.3, 0.4) is 0 Å². The Bertz CT molecular complexity index is 482. The van der Waals surface area contributed by atoms with Gasteiger partial charge in [0.2, 0.25) is 0 Å². The van der Waals surface area contributed by atoms with Gasteiger partial charge in [-0.3, -0.25) is 4.79 Å². The van der Waals surface area contributed by atoms with Gasteiger partial charge in [-0.25, -0.2) is 0 Å². The van der Waals surface area contributed by atoms with Crippen LogP contribution in [0, 0.1) is 0 Å². The second-order valence-electron chi connectivity index (χ2n) is 5.39. The molecule has 0 saturated heterocycles. The quantitative estimate of drug-likeness (QED) is 0.807. The number of anilines is 2. The number of rotatable bonds is 5. The molecule has 0 aliphatic heterocycles. The molecule has 0 aromatic heterocycles. The Morgan fingerprint density at radius 1 is 1.45 bits per heavy atom. The molecule has 1 aromatic rings. The lowest BCUT2D eigenvalue weighted by Crippen LogP contribution is -2.41. The molecule has 1 aromatic carbocycles. The van der Waals surface area contributed by atoms with Crippen LogP contribution in [0.5, 0.6) is 0 Å². The van der Waals surface area contributed by atoms with Crippen molar-refractivity contribution in [2.75, 3.05) is 31.8 Å². The fourth-order valence-electron chi connectivity index (χ4n) is 2.35. The van der Waals surface area contributed by atoms with E-state index in [0.29, 0.717) is 23.4 Å². The van der Waals surface area contributed by atoms with Crippen molar-refractivity contribution in [1.29, 1.82) is 0 Å². The maximum atomic E-state index is 12.0. The molecule has 0 unspecified atom stereocenters. The predicted octanol–water partition coefficient (Wildman–Crippen LogP) is 1.95. The third-order valence-electron chi connectivity index (χ3n) is 3.56. The van der Waals surface area contributed by atoms with Gasteiger partial charge in [0.25, 0.3) is 5.91 Å². The highest BCUT2D eigenvalue weighted by atomic mass is 16.5. The highest BCUT2D eigenvalue weighted by molar-refractivity contribution is 5.95. The summed E-state index contributed by atoms with van der Waals surface area (Å²) in [7, 11) is 3.48. The van der Waals surface area contributed by atoms with Crippen molar-refractivity contribution in [3.8, 4) is 0 Å². The van der Waals surface area contributed by atoms with Crippen LogP contribution in [0.2, 0.25) is 0 Å². The number of ether oxygens (including phenoxy) is 1. The molecule has 2 rings (SSSR count). The largest absolute Gasteiger partial charge is 0.397 e. The first-order valence-electron chi connectivity index (χ1n) is 7.00. The Labute approximate surface area is 120 Å². The van der Waals surface area contributed by atoms with Crippen molar-refractivity contribution in [2.24, 2.45) is 0 Å². The highest BCUT2D eigenvalue weighted by Crippen LogP contribution is 2.29. The molecular formula is C15H23N3O2. The van der Waals surface area contributed by atoms with Crippen LogP contribution < -0.4 is 11.1 Å². The van der Waals surface area contributed by atoms with E-state index in [0.717, 1.165) is 25.1 Å². The Hall–Kier alpha value is -1.75. The summed E-state index contributed by atoms with van der Waals surface area (Å²) in [6, 6.07) is 5.73. The number of nitrogens with one attached hydrogen (secondary N) is 1. The van der Waals surface area contributed by atoms with E-state index >= 15 is 0 Å². The van der Waals surface area contributed by atoms with E-state index < -0.39 is 0 Å². The number of hydrogen-bond acceptors (Lipinski definition) is 4. The van der Waals surface area contributed by atoms with Crippen LogP contribution in [0.15, 0.2) is 18.2 Å². The van der Waals surface area contributed by atoms with E-state index in [1.807, 2.05) is 13.0 Å². The van der Waals surface area contributed by atoms with Gasteiger partial charge < -0.3 is 20.7 Å². The zero-order chi connectivity index (χ0) is 14.7. The van der Waals surface area contributed by atoms with E-state index in [2.05, 4.69) is 5.32 Å². The monoisotopic (exact) mass is 277 g/mol. The van der Waals surface area contributed by atoms with Crippen molar-refractivity contribution in [2.45, 2.75) is 31.9 Å². The van der Waals surface area contributed by atoms with Crippen molar-refractivity contribution in [3.05, 3.63) is 23.8 Å². The maximum Gasteiger partial charge on any atom is 0.253 e. The molecule has 1 amide bonds. The molecule has 1 aliphatic rings. The third-order valence-corrected chi connectivity index (χ3v) is 3.56. The first-order valence-corrected chi connectivity index (χ1v) is 7.00. The molecule has 20 heavy (non-hydrogen) atoms. The maximum absolute atomic E-state index is 12.0. The Balaban J connectivity index is 2.01. The first-order chi connectivity index (χ1) is 9.51. The molecule has 1 aliphatic carbocycles. The minimum Gasteiger partial charge on any atom is -0.397 e. The number of carbonyl (C=O) groups is 1. The summed E-state index contributed by atoms with van der Waals surface area (Å²) < 4.78 is 5.54. The highest BCUT2D eigenvalue weighted by Gasteiger charge is 2.29. The predicted molar refractivity (Wildman–Crippen MR) is 80.9 cm³/mol. The second kappa shape index (κ2) is 6.13. The van der Waals surface area contributed by atoms with Crippen LogP contribution in [0.25, 0.3) is 0 Å². The van der Waals surface area contributed by atoms with Gasteiger partial charge in [0.15, 0.2) is 0 Å². The van der Waals surface area contributed by atoms with Gasteiger partial charge in [-0.1, -0.05) is 0 Å². The molecule has 0 bridgehead atoms. The Kier molecular flexibility index (Phi) is 4.49. The molecule has 3 N–H and O–H groups in total. The average Bonchev–Trinajstić information content (AvgIpc) is 2.37. The first kappa shape index (κ1) is 14.7. The van der Waals surface area contributed by atoms with Crippen molar-refractivity contribution in [3.63, 3.8) is 0 Å². The van der Waals surface area contributed by atoms with Crippen molar-refractivity contribution in [1.82, 2.24) is 4.90 Å². The van der Waals surface area contributed by atoms with Gasteiger partial charge in [0.05, 0.1) is 17.5 Å². The fraction of sp³-hybridized carbons (Fsp3) is 0.533. The molecule has 5 heteroatoms. The molecule has 0 radical (unpaired) electrons. The summed E-state index contributed by atoms with van der Waals surface area (Å²) in [5.74, 6) is -0.0196. The van der Waals surface area contributed by atoms with Crippen LogP contribution in [0.1, 0.15) is 30.1 Å². The Morgan fingerprint density at radius 3 is 2.75 bits per heavy atom. The molecule has 0 spiro atoms. The summed E-state index contributed by atoms with van der Waals surface area (Å²) in [5, 5.41) is 3.39. The van der Waals surface area contributed by atoms with Gasteiger partial charge in [0, 0.05) is 32.3 Å². The van der Waals surface area contributed by atoms with Gasteiger partial charge >= 0.3 is 0 Å². The fourth-order valence-corrected chi connectivity index (χ4v) is 2.35. The lowest BCUT2D eigenvalue weighted by Gasteiger charge is -2.36. The number of nitrogen functional groups attached to an aromatic ring is 1. The molecule has 1 saturated carbocycles. The van der Waals surface area contributed by atoms with Gasteiger partial charge in [-0.05, 0) is 38.0 Å². The second-order valence-corrected chi connectivity index (χ2v) is 5.39. The van der Waals surface area contributed by atoms with Crippen LogP contribution >= 0.6 is 0 Å². The number of hydrogen-bond donors (Lipinski definition) is 2. The molecule has 0 atom stereocenters. The summed E-state index contributed by atoms with van der Waals surface area (Å²) in [6.07, 6.45) is 2.32. The SMILES string of the molecule is CCOC1CC(Nc2cc(C(=O)N(C)C)ccc2N)C1. The number of nitrogens with two attached hydrogens (primary N) is 1. The molecule has 0 heterocycles. The van der Waals surface area contributed by atoms with Crippen molar-refractivity contribution >= 4 is 17.3 Å². The zero-order valence-corrected chi connectivity index (χ0v) is 12.3. The zero-order valence-electron chi connectivity index (χ0n) is 12.3. The minimum absolute atomic E-state index is 0.0196. The van der Waals surface area contributed by atoms with E-state index in [4.69, 9.17) is 10.5 Å². The van der Waals surface area contributed by atoms with Crippen LogP contribution in [-0.2, 0) is 4.74 Å². The van der Waals surface area contributed by atoms with Gasteiger partial charge in [-0.2, -0.15) is 0 Å². The minimum atomic E-state index is -0.0196.